The molecule has 0 bridgehead atoms. The average molecular weight is 325 g/mol. The van der Waals surface area contributed by atoms with Crippen LogP contribution in [0.15, 0.2) is 60.4 Å². The molecule has 1 aliphatic heterocycles. The number of benzene rings is 2. The molecule has 0 atom stereocenters. The zero-order chi connectivity index (χ0) is 16.9. The average Bonchev–Trinajstić information content (AvgIpc) is 3.01. The van der Waals surface area contributed by atoms with Crippen molar-refractivity contribution in [2.75, 3.05) is 25.7 Å². The standard InChI is InChI=1S/C19H19NO4/c1-22-16-11-19(21)20(12-16)15-8-9-17(18(10-15)23-2)24-13-14-6-4-3-5-7-14/h3-11H,12-13H2,1-2H3. The van der Waals surface area contributed by atoms with Gasteiger partial charge in [-0.3, -0.25) is 4.79 Å². The number of ether oxygens (including phenoxy) is 3. The second-order valence-corrected chi connectivity index (χ2v) is 5.35. The maximum absolute atomic E-state index is 12.0. The fraction of sp³-hybridized carbons (Fsp3) is 0.211. The Morgan fingerprint density at radius 3 is 2.46 bits per heavy atom. The summed E-state index contributed by atoms with van der Waals surface area (Å²) < 4.78 is 16.4. The Labute approximate surface area is 141 Å². The molecule has 3 rings (SSSR count). The Kier molecular flexibility index (Phi) is 4.70. The molecule has 0 saturated heterocycles. The van der Waals surface area contributed by atoms with E-state index in [1.165, 1.54) is 6.08 Å². The van der Waals surface area contributed by atoms with Gasteiger partial charge in [0.1, 0.15) is 12.4 Å². The predicted molar refractivity (Wildman–Crippen MR) is 91.2 cm³/mol. The molecule has 1 amide bonds. The molecule has 0 unspecified atom stereocenters. The molecule has 5 heteroatoms. The van der Waals surface area contributed by atoms with Crippen LogP contribution in [0.25, 0.3) is 0 Å². The van der Waals surface area contributed by atoms with Gasteiger partial charge in [-0.15, -0.1) is 0 Å². The normalized spacial score (nSPS) is 13.7. The van der Waals surface area contributed by atoms with Crippen molar-refractivity contribution in [3.63, 3.8) is 0 Å². The molecule has 0 aromatic heterocycles. The van der Waals surface area contributed by atoms with E-state index in [1.807, 2.05) is 42.5 Å². The van der Waals surface area contributed by atoms with Gasteiger partial charge in [-0.25, -0.2) is 0 Å². The second-order valence-electron chi connectivity index (χ2n) is 5.35. The predicted octanol–water partition coefficient (Wildman–Crippen LogP) is 3.15. The fourth-order valence-electron chi connectivity index (χ4n) is 2.52. The molecule has 24 heavy (non-hydrogen) atoms. The third kappa shape index (κ3) is 3.35. The second kappa shape index (κ2) is 7.08. The van der Waals surface area contributed by atoms with Gasteiger partial charge in [0.25, 0.3) is 5.91 Å². The Morgan fingerprint density at radius 2 is 1.79 bits per heavy atom. The highest BCUT2D eigenvalue weighted by Gasteiger charge is 2.24. The van der Waals surface area contributed by atoms with Crippen molar-refractivity contribution >= 4 is 11.6 Å². The van der Waals surface area contributed by atoms with Crippen molar-refractivity contribution in [3.8, 4) is 11.5 Å². The Hall–Kier alpha value is -2.95. The zero-order valence-corrected chi connectivity index (χ0v) is 13.7. The van der Waals surface area contributed by atoms with E-state index in [-0.39, 0.29) is 5.91 Å². The number of hydrogen-bond donors (Lipinski definition) is 0. The number of carbonyl (C=O) groups is 1. The summed E-state index contributed by atoms with van der Waals surface area (Å²) in [6.45, 7) is 0.872. The van der Waals surface area contributed by atoms with Gasteiger partial charge in [0.2, 0.25) is 0 Å². The summed E-state index contributed by atoms with van der Waals surface area (Å²) in [5.41, 5.74) is 1.82. The summed E-state index contributed by atoms with van der Waals surface area (Å²) in [5.74, 6) is 1.76. The van der Waals surface area contributed by atoms with Gasteiger partial charge in [0, 0.05) is 17.8 Å². The number of hydrogen-bond acceptors (Lipinski definition) is 4. The van der Waals surface area contributed by atoms with Crippen LogP contribution in [-0.4, -0.2) is 26.7 Å². The van der Waals surface area contributed by atoms with Crippen LogP contribution in [0.3, 0.4) is 0 Å². The van der Waals surface area contributed by atoms with Crippen LogP contribution in [-0.2, 0) is 16.1 Å². The van der Waals surface area contributed by atoms with Gasteiger partial charge >= 0.3 is 0 Å². The zero-order valence-electron chi connectivity index (χ0n) is 13.7. The van der Waals surface area contributed by atoms with Crippen LogP contribution in [0.4, 0.5) is 5.69 Å². The van der Waals surface area contributed by atoms with Crippen molar-refractivity contribution in [1.82, 2.24) is 0 Å². The number of anilines is 1. The monoisotopic (exact) mass is 325 g/mol. The van der Waals surface area contributed by atoms with Crippen LogP contribution in [0.2, 0.25) is 0 Å². The summed E-state index contributed by atoms with van der Waals surface area (Å²) in [5, 5.41) is 0. The summed E-state index contributed by atoms with van der Waals surface area (Å²) >= 11 is 0. The van der Waals surface area contributed by atoms with E-state index < -0.39 is 0 Å². The molecule has 0 fully saturated rings. The molecule has 0 aliphatic carbocycles. The van der Waals surface area contributed by atoms with E-state index in [4.69, 9.17) is 14.2 Å². The minimum Gasteiger partial charge on any atom is -0.499 e. The van der Waals surface area contributed by atoms with Crippen molar-refractivity contribution in [2.24, 2.45) is 0 Å². The van der Waals surface area contributed by atoms with Gasteiger partial charge < -0.3 is 19.1 Å². The summed E-state index contributed by atoms with van der Waals surface area (Å²) in [7, 11) is 3.14. The molecule has 5 nitrogen and oxygen atoms in total. The van der Waals surface area contributed by atoms with Crippen molar-refractivity contribution in [2.45, 2.75) is 6.61 Å². The van der Waals surface area contributed by atoms with Gasteiger partial charge in [0.05, 0.1) is 20.8 Å². The van der Waals surface area contributed by atoms with Crippen LogP contribution in [0.1, 0.15) is 5.56 Å². The number of carbonyl (C=O) groups excluding carboxylic acids is 1. The number of methoxy groups -OCH3 is 2. The first kappa shape index (κ1) is 15.9. The van der Waals surface area contributed by atoms with E-state index in [9.17, 15) is 4.79 Å². The first-order valence-corrected chi connectivity index (χ1v) is 7.62. The molecular formula is C19H19NO4. The van der Waals surface area contributed by atoms with Gasteiger partial charge in [-0.1, -0.05) is 30.3 Å². The number of nitrogens with zero attached hydrogens (tertiary/aromatic N) is 1. The van der Waals surface area contributed by atoms with Gasteiger partial charge in [-0.2, -0.15) is 0 Å². The summed E-state index contributed by atoms with van der Waals surface area (Å²) in [6.07, 6.45) is 1.49. The van der Waals surface area contributed by atoms with Crippen LogP contribution < -0.4 is 14.4 Å². The topological polar surface area (TPSA) is 48.0 Å². The maximum Gasteiger partial charge on any atom is 0.254 e. The Morgan fingerprint density at radius 1 is 1.00 bits per heavy atom. The highest BCUT2D eigenvalue weighted by Crippen LogP contribution is 2.33. The molecule has 2 aromatic rings. The highest BCUT2D eigenvalue weighted by molar-refractivity contribution is 6.04. The lowest BCUT2D eigenvalue weighted by molar-refractivity contribution is -0.113. The SMILES string of the molecule is COC1=CC(=O)N(c2ccc(OCc3ccccc3)c(OC)c2)C1. The first-order valence-electron chi connectivity index (χ1n) is 7.62. The molecule has 0 saturated carbocycles. The Bertz CT molecular complexity index is 755. The lowest BCUT2D eigenvalue weighted by Gasteiger charge is -2.18. The molecule has 0 N–H and O–H groups in total. The third-order valence-electron chi connectivity index (χ3n) is 3.82. The molecule has 2 aromatic carbocycles. The van der Waals surface area contributed by atoms with Crippen molar-refractivity contribution in [1.29, 1.82) is 0 Å². The minimum atomic E-state index is -0.105. The lowest BCUT2D eigenvalue weighted by Crippen LogP contribution is -2.25. The van der Waals surface area contributed by atoms with Crippen molar-refractivity contribution < 1.29 is 19.0 Å². The molecule has 0 spiro atoms. The van der Waals surface area contributed by atoms with Crippen LogP contribution >= 0.6 is 0 Å². The molecule has 1 aliphatic rings. The number of rotatable bonds is 6. The summed E-state index contributed by atoms with van der Waals surface area (Å²) in [6, 6.07) is 15.4. The van der Waals surface area contributed by atoms with Crippen LogP contribution in [0.5, 0.6) is 11.5 Å². The maximum atomic E-state index is 12.0. The largest absolute Gasteiger partial charge is 0.499 e. The fourth-order valence-corrected chi connectivity index (χ4v) is 2.52. The van der Waals surface area contributed by atoms with E-state index >= 15 is 0 Å². The molecular weight excluding hydrogens is 306 g/mol. The Balaban J connectivity index is 1.75. The third-order valence-corrected chi connectivity index (χ3v) is 3.82. The van der Waals surface area contributed by atoms with Crippen LogP contribution in [0, 0.1) is 0 Å². The van der Waals surface area contributed by atoms with E-state index in [1.54, 1.807) is 25.2 Å². The molecule has 124 valence electrons. The van der Waals surface area contributed by atoms with E-state index in [0.717, 1.165) is 11.3 Å². The van der Waals surface area contributed by atoms with Crippen molar-refractivity contribution in [3.05, 3.63) is 65.9 Å². The minimum absolute atomic E-state index is 0.105. The number of amides is 1. The molecule has 0 radical (unpaired) electrons. The van der Waals surface area contributed by atoms with E-state index in [0.29, 0.717) is 30.4 Å². The van der Waals surface area contributed by atoms with Gasteiger partial charge in [0.15, 0.2) is 11.5 Å². The summed E-state index contributed by atoms with van der Waals surface area (Å²) in [4.78, 5) is 13.7. The van der Waals surface area contributed by atoms with E-state index in [2.05, 4.69) is 0 Å². The lowest BCUT2D eigenvalue weighted by atomic mass is 10.2. The van der Waals surface area contributed by atoms with Gasteiger partial charge in [-0.05, 0) is 17.7 Å². The first-order chi connectivity index (χ1) is 11.7. The molecule has 1 heterocycles. The quantitative estimate of drug-likeness (QED) is 0.818. The highest BCUT2D eigenvalue weighted by atomic mass is 16.5. The smallest absolute Gasteiger partial charge is 0.254 e.